The van der Waals surface area contributed by atoms with Crippen LogP contribution >= 0.6 is 0 Å². The van der Waals surface area contributed by atoms with Gasteiger partial charge in [0, 0.05) is 0 Å². The molecule has 6 aliphatic rings. The molecule has 4 aliphatic carbocycles. The lowest BCUT2D eigenvalue weighted by molar-refractivity contribution is -0.156. The third-order valence-corrected chi connectivity index (χ3v) is 7.16. The van der Waals surface area contributed by atoms with E-state index >= 15 is 0 Å². The van der Waals surface area contributed by atoms with Crippen molar-refractivity contribution in [3.8, 4) is 0 Å². The molecule has 0 spiro atoms. The van der Waals surface area contributed by atoms with Crippen molar-refractivity contribution < 1.29 is 28.7 Å². The summed E-state index contributed by atoms with van der Waals surface area (Å²) in [6.07, 6.45) is 5.78. The quantitative estimate of drug-likeness (QED) is 0.422. The molecule has 1 saturated carbocycles. The van der Waals surface area contributed by atoms with Gasteiger partial charge >= 0.3 is 23.9 Å². The van der Waals surface area contributed by atoms with E-state index in [9.17, 15) is 19.2 Å². The van der Waals surface area contributed by atoms with Gasteiger partial charge < -0.3 is 9.47 Å². The summed E-state index contributed by atoms with van der Waals surface area (Å²) in [6, 6.07) is 9.68. The van der Waals surface area contributed by atoms with Crippen LogP contribution in [0, 0.1) is 47.3 Å². The summed E-state index contributed by atoms with van der Waals surface area (Å²) in [5, 5.41) is 0. The molecule has 0 N–H and O–H groups in total. The molecule has 7 rings (SSSR count). The maximum atomic E-state index is 12.6. The van der Waals surface area contributed by atoms with Crippen molar-refractivity contribution >= 4 is 29.5 Å². The van der Waals surface area contributed by atoms with E-state index in [1.165, 1.54) is 0 Å². The third-order valence-electron chi connectivity index (χ3n) is 7.16. The van der Waals surface area contributed by atoms with E-state index in [0.29, 0.717) is 0 Å². The van der Waals surface area contributed by atoms with E-state index in [1.807, 2.05) is 48.6 Å². The Morgan fingerprint density at radius 1 is 0.643 bits per heavy atom. The summed E-state index contributed by atoms with van der Waals surface area (Å²) in [5.41, 5.74) is 1.90. The average molecular weight is 376 g/mol. The molecule has 2 heterocycles. The van der Waals surface area contributed by atoms with E-state index < -0.39 is 47.5 Å². The number of fused-ring (bicyclic) bond motifs is 1. The first-order valence-corrected chi connectivity index (χ1v) is 9.53. The van der Waals surface area contributed by atoms with Gasteiger partial charge in [-0.3, -0.25) is 19.2 Å². The van der Waals surface area contributed by atoms with Crippen LogP contribution in [0.5, 0.6) is 0 Å². The SMILES string of the molecule is O=C1OC(=O)[C@@H]2[C@H]3C=C[C@H]([C@@H]12)[C@@H]1C(c2ccccc2)=C[C@@H]2C(=O)OC(=O)[C@@H]2[C@@H]31. The van der Waals surface area contributed by atoms with Gasteiger partial charge in [0.15, 0.2) is 0 Å². The molecule has 2 saturated heterocycles. The topological polar surface area (TPSA) is 86.7 Å². The van der Waals surface area contributed by atoms with Crippen LogP contribution < -0.4 is 0 Å². The molecule has 0 amide bonds. The zero-order valence-corrected chi connectivity index (χ0v) is 14.7. The Kier molecular flexibility index (Phi) is 3.01. The number of hydrogen-bond donors (Lipinski definition) is 0. The lowest BCUT2D eigenvalue weighted by Crippen LogP contribution is -2.55. The fourth-order valence-electron chi connectivity index (χ4n) is 6.22. The fraction of sp³-hybridized carbons (Fsp3) is 0.364. The lowest BCUT2D eigenvalue weighted by Gasteiger charge is -2.53. The van der Waals surface area contributed by atoms with Crippen LogP contribution in [0.15, 0.2) is 48.6 Å². The summed E-state index contributed by atoms with van der Waals surface area (Å²) in [6.45, 7) is 0. The lowest BCUT2D eigenvalue weighted by atomic mass is 9.47. The van der Waals surface area contributed by atoms with Gasteiger partial charge in [-0.05, 0) is 34.8 Å². The standard InChI is InChI=1S/C22H16O6/c23-19-13-8-12(9-4-2-1-3-5-9)14-10-6-7-11(15(14)18(13)22(26)27-19)17-16(10)20(24)28-21(17)25/h1-8,10-11,13-18H/t10-,11-,13-,14+,15-,16+,17+,18-/m0/s1. The van der Waals surface area contributed by atoms with E-state index in [1.54, 1.807) is 0 Å². The highest BCUT2D eigenvalue weighted by atomic mass is 16.6. The zero-order chi connectivity index (χ0) is 19.2. The highest BCUT2D eigenvalue weighted by Crippen LogP contribution is 2.63. The Bertz CT molecular complexity index is 1010. The molecule has 140 valence electrons. The first-order chi connectivity index (χ1) is 13.6. The second-order valence-corrected chi connectivity index (χ2v) is 8.21. The molecular weight excluding hydrogens is 360 g/mol. The van der Waals surface area contributed by atoms with Crippen molar-refractivity contribution in [1.82, 2.24) is 0 Å². The largest absolute Gasteiger partial charge is 0.393 e. The maximum Gasteiger partial charge on any atom is 0.321 e. The molecule has 2 aliphatic heterocycles. The van der Waals surface area contributed by atoms with Gasteiger partial charge in [0.1, 0.15) is 0 Å². The van der Waals surface area contributed by atoms with Crippen LogP contribution in [0.2, 0.25) is 0 Å². The van der Waals surface area contributed by atoms with E-state index in [4.69, 9.17) is 9.47 Å². The van der Waals surface area contributed by atoms with Crippen LogP contribution in [-0.4, -0.2) is 23.9 Å². The molecule has 0 aromatic heterocycles. The van der Waals surface area contributed by atoms with Crippen molar-refractivity contribution in [3.05, 3.63) is 54.1 Å². The number of allylic oxidation sites excluding steroid dienone is 3. The number of ether oxygens (including phenoxy) is 2. The number of esters is 4. The molecule has 1 aromatic carbocycles. The van der Waals surface area contributed by atoms with Crippen molar-refractivity contribution in [3.63, 3.8) is 0 Å². The van der Waals surface area contributed by atoms with Crippen LogP contribution in [0.4, 0.5) is 0 Å². The first kappa shape index (κ1) is 16.0. The van der Waals surface area contributed by atoms with Crippen molar-refractivity contribution in [1.29, 1.82) is 0 Å². The highest BCUT2D eigenvalue weighted by Gasteiger charge is 2.67. The minimum Gasteiger partial charge on any atom is -0.393 e. The van der Waals surface area contributed by atoms with E-state index in [-0.39, 0.29) is 23.7 Å². The van der Waals surface area contributed by atoms with Gasteiger partial charge in [0.25, 0.3) is 0 Å². The molecule has 3 fully saturated rings. The Balaban J connectivity index is 1.57. The predicted molar refractivity (Wildman–Crippen MR) is 93.7 cm³/mol. The molecule has 8 atom stereocenters. The summed E-state index contributed by atoms with van der Waals surface area (Å²) in [4.78, 5) is 49.7. The number of hydrogen-bond acceptors (Lipinski definition) is 6. The van der Waals surface area contributed by atoms with Gasteiger partial charge in [-0.2, -0.15) is 0 Å². The Morgan fingerprint density at radius 3 is 2.00 bits per heavy atom. The molecule has 0 unspecified atom stereocenters. The van der Waals surface area contributed by atoms with Gasteiger partial charge in [-0.1, -0.05) is 48.6 Å². The summed E-state index contributed by atoms with van der Waals surface area (Å²) in [7, 11) is 0. The number of carbonyl (C=O) groups is 4. The Hall–Kier alpha value is -3.02. The first-order valence-electron chi connectivity index (χ1n) is 9.53. The minimum absolute atomic E-state index is 0.142. The van der Waals surface area contributed by atoms with Crippen LogP contribution in [0.1, 0.15) is 5.56 Å². The van der Waals surface area contributed by atoms with Crippen LogP contribution in [0.25, 0.3) is 5.57 Å². The summed E-state index contributed by atoms with van der Waals surface area (Å²) < 4.78 is 9.95. The molecule has 28 heavy (non-hydrogen) atoms. The van der Waals surface area contributed by atoms with Crippen molar-refractivity contribution in [2.24, 2.45) is 47.3 Å². The minimum atomic E-state index is -0.650. The normalized spacial score (nSPS) is 42.5. The maximum absolute atomic E-state index is 12.6. The number of cyclic esters (lactones) is 4. The molecule has 0 radical (unpaired) electrons. The van der Waals surface area contributed by atoms with Crippen molar-refractivity contribution in [2.45, 2.75) is 0 Å². The monoisotopic (exact) mass is 376 g/mol. The van der Waals surface area contributed by atoms with Crippen molar-refractivity contribution in [2.75, 3.05) is 0 Å². The van der Waals surface area contributed by atoms with Crippen LogP contribution in [-0.2, 0) is 28.7 Å². The molecule has 2 bridgehead atoms. The van der Waals surface area contributed by atoms with Gasteiger partial charge in [-0.15, -0.1) is 0 Å². The summed E-state index contributed by atoms with van der Waals surface area (Å²) in [5.74, 6) is -5.40. The second-order valence-electron chi connectivity index (χ2n) is 8.21. The summed E-state index contributed by atoms with van der Waals surface area (Å²) >= 11 is 0. The number of carbonyl (C=O) groups excluding carboxylic acids is 4. The molecule has 1 aromatic rings. The van der Waals surface area contributed by atoms with E-state index in [0.717, 1.165) is 11.1 Å². The Morgan fingerprint density at radius 2 is 1.25 bits per heavy atom. The predicted octanol–water partition coefficient (Wildman–Crippen LogP) is 1.76. The van der Waals surface area contributed by atoms with Gasteiger partial charge in [-0.25, -0.2) is 0 Å². The number of benzene rings is 1. The molecule has 6 heteroatoms. The third kappa shape index (κ3) is 1.83. The van der Waals surface area contributed by atoms with Crippen LogP contribution in [0.3, 0.4) is 0 Å². The van der Waals surface area contributed by atoms with Gasteiger partial charge in [0.2, 0.25) is 0 Å². The fourth-order valence-corrected chi connectivity index (χ4v) is 6.22. The zero-order valence-electron chi connectivity index (χ0n) is 14.7. The number of rotatable bonds is 1. The smallest absolute Gasteiger partial charge is 0.321 e. The Labute approximate surface area is 160 Å². The average Bonchev–Trinajstić information content (AvgIpc) is 3.18. The second kappa shape index (κ2) is 5.28. The highest BCUT2D eigenvalue weighted by molar-refractivity contribution is 6.01. The molecular formula is C22H16O6. The van der Waals surface area contributed by atoms with E-state index in [2.05, 4.69) is 0 Å². The van der Waals surface area contributed by atoms with Gasteiger partial charge in [0.05, 0.1) is 23.7 Å². The molecule has 6 nitrogen and oxygen atoms in total.